The van der Waals surface area contributed by atoms with Gasteiger partial charge < -0.3 is 15.2 Å². The Balaban J connectivity index is 2.49. The molecule has 20 heavy (non-hydrogen) atoms. The number of aliphatic carboxylic acids is 1. The van der Waals surface area contributed by atoms with Crippen LogP contribution in [0.1, 0.15) is 6.92 Å². The van der Waals surface area contributed by atoms with Crippen LogP contribution in [0, 0.1) is 0 Å². The van der Waals surface area contributed by atoms with Crippen molar-refractivity contribution in [1.29, 1.82) is 0 Å². The van der Waals surface area contributed by atoms with Gasteiger partial charge in [-0.15, -0.1) is 0 Å². The molecule has 8 nitrogen and oxygen atoms in total. The first-order valence-electron chi connectivity index (χ1n) is 5.63. The molecule has 0 unspecified atom stereocenters. The maximum Gasteiger partial charge on any atom is 0.328 e. The number of nitrogens with zero attached hydrogens (tertiary/aromatic N) is 1. The summed E-state index contributed by atoms with van der Waals surface area (Å²) in [4.78, 5) is 36.6. The number of carboxylic acids is 1. The first kappa shape index (κ1) is 15.2. The van der Waals surface area contributed by atoms with E-state index in [0.717, 1.165) is 6.08 Å². The van der Waals surface area contributed by atoms with E-state index in [9.17, 15) is 14.4 Å². The average Bonchev–Trinajstić information content (AvgIpc) is 2.39. The Hall–Kier alpha value is -2.90. The van der Waals surface area contributed by atoms with Crippen LogP contribution < -0.4 is 15.4 Å². The lowest BCUT2D eigenvalue weighted by molar-refractivity contribution is -0.131. The molecule has 0 aliphatic rings. The van der Waals surface area contributed by atoms with E-state index in [1.165, 1.54) is 6.20 Å². The van der Waals surface area contributed by atoms with Crippen LogP contribution in [0.15, 0.2) is 30.5 Å². The van der Waals surface area contributed by atoms with E-state index in [0.29, 0.717) is 24.3 Å². The highest BCUT2D eigenvalue weighted by Gasteiger charge is 2.06. The molecule has 0 atom stereocenters. The predicted molar refractivity (Wildman–Crippen MR) is 69.3 cm³/mol. The molecule has 0 saturated heterocycles. The van der Waals surface area contributed by atoms with Gasteiger partial charge >= 0.3 is 12.0 Å². The van der Waals surface area contributed by atoms with Crippen molar-refractivity contribution in [2.24, 2.45) is 0 Å². The minimum absolute atomic E-state index is 0.362. The van der Waals surface area contributed by atoms with Crippen molar-refractivity contribution in [3.8, 4) is 5.88 Å². The monoisotopic (exact) mass is 279 g/mol. The molecule has 1 rings (SSSR count). The van der Waals surface area contributed by atoms with Gasteiger partial charge in [-0.1, -0.05) is 0 Å². The molecule has 3 amide bonds. The highest BCUT2D eigenvalue weighted by Crippen LogP contribution is 2.11. The second kappa shape index (κ2) is 7.52. The number of aromatic nitrogens is 1. The van der Waals surface area contributed by atoms with E-state index >= 15 is 0 Å². The fourth-order valence-corrected chi connectivity index (χ4v) is 1.15. The minimum Gasteiger partial charge on any atom is -0.478 e. The number of rotatable bonds is 5. The Morgan fingerprint density at radius 1 is 1.35 bits per heavy atom. The summed E-state index contributed by atoms with van der Waals surface area (Å²) < 4.78 is 5.13. The van der Waals surface area contributed by atoms with Crippen LogP contribution in [-0.2, 0) is 9.59 Å². The van der Waals surface area contributed by atoms with E-state index in [-0.39, 0.29) is 0 Å². The fourth-order valence-electron chi connectivity index (χ4n) is 1.15. The number of anilines is 1. The zero-order valence-corrected chi connectivity index (χ0v) is 10.6. The summed E-state index contributed by atoms with van der Waals surface area (Å²) in [5, 5.41) is 12.6. The number of hydrogen-bond donors (Lipinski definition) is 3. The second-order valence-corrected chi connectivity index (χ2v) is 3.43. The van der Waals surface area contributed by atoms with Gasteiger partial charge in [-0.05, 0) is 13.0 Å². The first-order valence-corrected chi connectivity index (χ1v) is 5.63. The quantitative estimate of drug-likeness (QED) is 0.685. The van der Waals surface area contributed by atoms with Crippen molar-refractivity contribution in [2.45, 2.75) is 6.92 Å². The van der Waals surface area contributed by atoms with E-state index in [4.69, 9.17) is 9.84 Å². The highest BCUT2D eigenvalue weighted by atomic mass is 16.5. The summed E-state index contributed by atoms with van der Waals surface area (Å²) in [6.45, 7) is 2.29. The Kier molecular flexibility index (Phi) is 5.70. The van der Waals surface area contributed by atoms with Crippen molar-refractivity contribution >= 4 is 23.6 Å². The number of amides is 3. The zero-order valence-electron chi connectivity index (χ0n) is 10.6. The maximum absolute atomic E-state index is 11.4. The predicted octanol–water partition coefficient (Wildman–Crippen LogP) is 0.769. The normalized spacial score (nSPS) is 10.1. The van der Waals surface area contributed by atoms with Crippen LogP contribution >= 0.6 is 0 Å². The van der Waals surface area contributed by atoms with Gasteiger partial charge in [-0.3, -0.25) is 10.1 Å². The molecule has 106 valence electrons. The van der Waals surface area contributed by atoms with Gasteiger partial charge in [0.15, 0.2) is 0 Å². The van der Waals surface area contributed by atoms with Crippen molar-refractivity contribution in [3.63, 3.8) is 0 Å². The van der Waals surface area contributed by atoms with Gasteiger partial charge in [0, 0.05) is 18.2 Å². The van der Waals surface area contributed by atoms with Crippen LogP contribution in [0.5, 0.6) is 5.88 Å². The molecule has 0 radical (unpaired) electrons. The molecule has 8 heteroatoms. The molecule has 0 bridgehead atoms. The number of hydrogen-bond acceptors (Lipinski definition) is 5. The summed E-state index contributed by atoms with van der Waals surface area (Å²) in [7, 11) is 0. The summed E-state index contributed by atoms with van der Waals surface area (Å²) >= 11 is 0. The lowest BCUT2D eigenvalue weighted by atomic mass is 10.4. The first-order chi connectivity index (χ1) is 9.51. The number of nitrogens with one attached hydrogen (secondary N) is 2. The van der Waals surface area contributed by atoms with Crippen LogP contribution in [0.4, 0.5) is 10.5 Å². The molecule has 3 N–H and O–H groups in total. The molecule has 0 aliphatic carbocycles. The molecule has 0 fully saturated rings. The molecule has 0 saturated carbocycles. The van der Waals surface area contributed by atoms with E-state index < -0.39 is 17.9 Å². The second-order valence-electron chi connectivity index (χ2n) is 3.43. The van der Waals surface area contributed by atoms with Crippen LogP contribution in [-0.4, -0.2) is 34.6 Å². The maximum atomic E-state index is 11.4. The van der Waals surface area contributed by atoms with Crippen molar-refractivity contribution in [1.82, 2.24) is 10.3 Å². The van der Waals surface area contributed by atoms with Gasteiger partial charge in [-0.25, -0.2) is 14.6 Å². The standard InChI is InChI=1S/C12H13N3O5/c1-2-20-10-5-3-8(7-13-10)14-12(19)15-9(16)4-6-11(17)18/h3-7H,2H2,1H3,(H,17,18)(H2,14,15,16,19)/b6-4+. The number of ether oxygens (including phenoxy) is 1. The average molecular weight is 279 g/mol. The van der Waals surface area contributed by atoms with Crippen molar-refractivity contribution in [2.75, 3.05) is 11.9 Å². The van der Waals surface area contributed by atoms with Crippen molar-refractivity contribution in [3.05, 3.63) is 30.5 Å². The third kappa shape index (κ3) is 5.63. The molecule has 1 heterocycles. The zero-order chi connectivity index (χ0) is 15.0. The molecule has 1 aromatic heterocycles. The van der Waals surface area contributed by atoms with Gasteiger partial charge in [0.05, 0.1) is 18.5 Å². The van der Waals surface area contributed by atoms with Crippen LogP contribution in [0.2, 0.25) is 0 Å². The van der Waals surface area contributed by atoms with E-state index in [1.54, 1.807) is 12.1 Å². The number of carbonyl (C=O) groups is 3. The van der Waals surface area contributed by atoms with E-state index in [1.807, 2.05) is 12.2 Å². The van der Waals surface area contributed by atoms with Gasteiger partial charge in [0.2, 0.25) is 5.88 Å². The van der Waals surface area contributed by atoms with Crippen molar-refractivity contribution < 1.29 is 24.2 Å². The lowest BCUT2D eigenvalue weighted by Gasteiger charge is -2.06. The third-order valence-electron chi connectivity index (χ3n) is 1.90. The number of carbonyl (C=O) groups excluding carboxylic acids is 2. The lowest BCUT2D eigenvalue weighted by Crippen LogP contribution is -2.33. The minimum atomic E-state index is -1.28. The number of urea groups is 1. The fraction of sp³-hybridized carbons (Fsp3) is 0.167. The number of imide groups is 1. The summed E-state index contributed by atoms with van der Waals surface area (Å²) in [6.07, 6.45) is 2.72. The largest absolute Gasteiger partial charge is 0.478 e. The molecule has 0 spiro atoms. The van der Waals surface area contributed by atoms with E-state index in [2.05, 4.69) is 10.3 Å². The third-order valence-corrected chi connectivity index (χ3v) is 1.90. The Bertz CT molecular complexity index is 524. The van der Waals surface area contributed by atoms with Gasteiger partial charge in [0.25, 0.3) is 5.91 Å². The highest BCUT2D eigenvalue weighted by molar-refractivity contribution is 6.06. The molecule has 0 aromatic carbocycles. The van der Waals surface area contributed by atoms with Crippen LogP contribution in [0.3, 0.4) is 0 Å². The van der Waals surface area contributed by atoms with Gasteiger partial charge in [-0.2, -0.15) is 0 Å². The summed E-state index contributed by atoms with van der Waals surface area (Å²) in [5.74, 6) is -1.71. The number of pyridine rings is 1. The van der Waals surface area contributed by atoms with Crippen LogP contribution in [0.25, 0.3) is 0 Å². The Labute approximate surface area is 114 Å². The molecule has 0 aliphatic heterocycles. The molecular formula is C12H13N3O5. The summed E-state index contributed by atoms with van der Waals surface area (Å²) in [6, 6.07) is 2.32. The topological polar surface area (TPSA) is 118 Å². The SMILES string of the molecule is CCOc1ccc(NC(=O)NC(=O)/C=C/C(=O)O)cn1. The molecular weight excluding hydrogens is 266 g/mol. The summed E-state index contributed by atoms with van der Waals surface area (Å²) in [5.41, 5.74) is 0.362. The smallest absolute Gasteiger partial charge is 0.328 e. The van der Waals surface area contributed by atoms with Gasteiger partial charge in [0.1, 0.15) is 0 Å². The Morgan fingerprint density at radius 2 is 2.10 bits per heavy atom. The Morgan fingerprint density at radius 3 is 2.65 bits per heavy atom. The molecule has 1 aromatic rings. The number of carboxylic acid groups (broad SMARTS) is 1.